The Hall–Kier alpha value is -1.42. The maximum Gasteiger partial charge on any atom is 0.218 e. The van der Waals surface area contributed by atoms with Crippen molar-refractivity contribution < 1.29 is 13.2 Å². The summed E-state index contributed by atoms with van der Waals surface area (Å²) in [5.74, 6) is -0.0705. The number of likely N-dealkylation sites (N-methyl/N-ethyl adjacent to an activating group) is 1. The van der Waals surface area contributed by atoms with Crippen LogP contribution in [0.15, 0.2) is 24.3 Å². The second-order valence-electron chi connectivity index (χ2n) is 3.88. The fraction of sp³-hybridized carbons (Fsp3) is 0.417. The molecule has 0 fully saturated rings. The van der Waals surface area contributed by atoms with Crippen LogP contribution in [0.4, 0.5) is 0 Å². The molecule has 6 heteroatoms. The van der Waals surface area contributed by atoms with Crippen molar-refractivity contribution in [2.45, 2.75) is 5.75 Å². The fourth-order valence-corrected chi connectivity index (χ4v) is 2.54. The van der Waals surface area contributed by atoms with Gasteiger partial charge in [-0.1, -0.05) is 12.1 Å². The maximum absolute atomic E-state index is 12.0. The SMILES string of the molecule is COCCN(C)S(=O)(=O)Cc1ccc(C#N)cc1. The molecule has 0 bridgehead atoms. The molecule has 0 spiro atoms. The van der Waals surface area contributed by atoms with Gasteiger partial charge in [0.15, 0.2) is 0 Å². The third kappa shape index (κ3) is 4.11. The van der Waals surface area contributed by atoms with Crippen LogP contribution in [0.3, 0.4) is 0 Å². The number of nitriles is 1. The number of hydrogen-bond acceptors (Lipinski definition) is 4. The van der Waals surface area contributed by atoms with Crippen LogP contribution in [0.5, 0.6) is 0 Å². The smallest absolute Gasteiger partial charge is 0.218 e. The topological polar surface area (TPSA) is 70.4 Å². The van der Waals surface area contributed by atoms with E-state index >= 15 is 0 Å². The third-order valence-electron chi connectivity index (χ3n) is 2.52. The van der Waals surface area contributed by atoms with E-state index < -0.39 is 10.0 Å². The summed E-state index contributed by atoms with van der Waals surface area (Å²) in [5.41, 5.74) is 1.18. The molecule has 0 aliphatic rings. The van der Waals surface area contributed by atoms with E-state index in [2.05, 4.69) is 0 Å². The highest BCUT2D eigenvalue weighted by atomic mass is 32.2. The van der Waals surface area contributed by atoms with Gasteiger partial charge in [-0.05, 0) is 17.7 Å². The Morgan fingerprint density at radius 3 is 2.44 bits per heavy atom. The van der Waals surface area contributed by atoms with Gasteiger partial charge in [0.25, 0.3) is 0 Å². The molecule has 0 atom stereocenters. The molecule has 0 radical (unpaired) electrons. The average Bonchev–Trinajstić information content (AvgIpc) is 2.36. The Labute approximate surface area is 108 Å². The van der Waals surface area contributed by atoms with Gasteiger partial charge in [-0.15, -0.1) is 0 Å². The highest BCUT2D eigenvalue weighted by molar-refractivity contribution is 7.88. The van der Waals surface area contributed by atoms with Gasteiger partial charge in [0.1, 0.15) is 0 Å². The number of rotatable bonds is 6. The minimum atomic E-state index is -3.33. The van der Waals surface area contributed by atoms with Crippen molar-refractivity contribution in [1.82, 2.24) is 4.31 Å². The molecule has 0 unspecified atom stereocenters. The molecule has 5 nitrogen and oxygen atoms in total. The van der Waals surface area contributed by atoms with E-state index in [4.69, 9.17) is 10.00 Å². The summed E-state index contributed by atoms with van der Waals surface area (Å²) in [4.78, 5) is 0. The van der Waals surface area contributed by atoms with Crippen molar-refractivity contribution >= 4 is 10.0 Å². The van der Waals surface area contributed by atoms with Crippen molar-refractivity contribution in [2.75, 3.05) is 27.3 Å². The van der Waals surface area contributed by atoms with E-state index in [-0.39, 0.29) is 5.75 Å². The highest BCUT2D eigenvalue weighted by Crippen LogP contribution is 2.10. The molecule has 1 aromatic carbocycles. The van der Waals surface area contributed by atoms with E-state index in [1.165, 1.54) is 18.5 Å². The van der Waals surface area contributed by atoms with Crippen LogP contribution in [0, 0.1) is 11.3 Å². The Kier molecular flexibility index (Phi) is 5.28. The van der Waals surface area contributed by atoms with Crippen LogP contribution < -0.4 is 0 Å². The Bertz CT molecular complexity index is 517. The maximum atomic E-state index is 12.0. The molecule has 0 aromatic heterocycles. The van der Waals surface area contributed by atoms with E-state index in [0.29, 0.717) is 24.3 Å². The molecular weight excluding hydrogens is 252 g/mol. The number of ether oxygens (including phenoxy) is 1. The number of benzene rings is 1. The lowest BCUT2D eigenvalue weighted by molar-refractivity contribution is 0.185. The Balaban J connectivity index is 2.73. The summed E-state index contributed by atoms with van der Waals surface area (Å²) in [5, 5.41) is 8.66. The lowest BCUT2D eigenvalue weighted by Gasteiger charge is -2.16. The van der Waals surface area contributed by atoms with Gasteiger partial charge in [0.05, 0.1) is 24.0 Å². The molecule has 0 aliphatic carbocycles. The molecule has 0 saturated carbocycles. The predicted octanol–water partition coefficient (Wildman–Crippen LogP) is 0.966. The summed E-state index contributed by atoms with van der Waals surface area (Å²) in [7, 11) is -0.280. The first kappa shape index (κ1) is 14.6. The van der Waals surface area contributed by atoms with E-state index in [0.717, 1.165) is 0 Å². The third-order valence-corrected chi connectivity index (χ3v) is 4.35. The van der Waals surface area contributed by atoms with Crippen molar-refractivity contribution in [3.63, 3.8) is 0 Å². The van der Waals surface area contributed by atoms with E-state index in [1.54, 1.807) is 24.3 Å². The Morgan fingerprint density at radius 1 is 1.33 bits per heavy atom. The van der Waals surface area contributed by atoms with Crippen LogP contribution in [-0.4, -0.2) is 40.0 Å². The number of nitrogens with zero attached hydrogens (tertiary/aromatic N) is 2. The van der Waals surface area contributed by atoms with Crippen molar-refractivity contribution in [3.8, 4) is 6.07 Å². The van der Waals surface area contributed by atoms with Gasteiger partial charge < -0.3 is 4.74 Å². The molecule has 0 N–H and O–H groups in total. The van der Waals surface area contributed by atoms with Gasteiger partial charge >= 0.3 is 0 Å². The quantitative estimate of drug-likeness (QED) is 0.770. The van der Waals surface area contributed by atoms with Crippen molar-refractivity contribution in [2.24, 2.45) is 0 Å². The molecule has 0 saturated heterocycles. The molecule has 98 valence electrons. The monoisotopic (exact) mass is 268 g/mol. The molecule has 0 aliphatic heterocycles. The fourth-order valence-electron chi connectivity index (χ4n) is 1.36. The molecule has 1 aromatic rings. The van der Waals surface area contributed by atoms with Crippen LogP contribution in [0.2, 0.25) is 0 Å². The normalized spacial score (nSPS) is 11.4. The average molecular weight is 268 g/mol. The highest BCUT2D eigenvalue weighted by Gasteiger charge is 2.17. The first-order valence-electron chi connectivity index (χ1n) is 5.41. The van der Waals surface area contributed by atoms with Gasteiger partial charge in [-0.25, -0.2) is 12.7 Å². The first-order valence-corrected chi connectivity index (χ1v) is 7.02. The zero-order valence-corrected chi connectivity index (χ0v) is 11.3. The number of methoxy groups -OCH3 is 1. The standard InChI is InChI=1S/C12H16N2O3S/c1-14(7-8-17-2)18(15,16)10-12-5-3-11(9-13)4-6-12/h3-6H,7-8,10H2,1-2H3. The molecule has 18 heavy (non-hydrogen) atoms. The van der Waals surface area contributed by atoms with Crippen molar-refractivity contribution in [1.29, 1.82) is 5.26 Å². The molecule has 0 amide bonds. The second kappa shape index (κ2) is 6.50. The summed E-state index contributed by atoms with van der Waals surface area (Å²) < 4.78 is 30.0. The van der Waals surface area contributed by atoms with Crippen molar-refractivity contribution in [3.05, 3.63) is 35.4 Å². The largest absolute Gasteiger partial charge is 0.383 e. The Morgan fingerprint density at radius 2 is 1.94 bits per heavy atom. The van der Waals surface area contributed by atoms with Gasteiger partial charge in [0.2, 0.25) is 10.0 Å². The first-order chi connectivity index (χ1) is 8.49. The van der Waals surface area contributed by atoms with Crippen LogP contribution in [0.25, 0.3) is 0 Å². The van der Waals surface area contributed by atoms with E-state index in [1.807, 2.05) is 6.07 Å². The molecule has 0 heterocycles. The minimum Gasteiger partial charge on any atom is -0.383 e. The predicted molar refractivity (Wildman–Crippen MR) is 68.3 cm³/mol. The lowest BCUT2D eigenvalue weighted by Crippen LogP contribution is -2.31. The summed E-state index contributed by atoms with van der Waals surface area (Å²) in [6, 6.07) is 8.52. The summed E-state index contributed by atoms with van der Waals surface area (Å²) in [6.07, 6.45) is 0. The summed E-state index contributed by atoms with van der Waals surface area (Å²) >= 11 is 0. The molecule has 1 rings (SSSR count). The zero-order valence-electron chi connectivity index (χ0n) is 10.5. The van der Waals surface area contributed by atoms with Gasteiger partial charge in [0, 0.05) is 20.7 Å². The lowest BCUT2D eigenvalue weighted by atomic mass is 10.2. The van der Waals surface area contributed by atoms with Crippen LogP contribution in [0.1, 0.15) is 11.1 Å². The van der Waals surface area contributed by atoms with Crippen LogP contribution >= 0.6 is 0 Å². The van der Waals surface area contributed by atoms with E-state index in [9.17, 15) is 8.42 Å². The number of hydrogen-bond donors (Lipinski definition) is 0. The number of sulfonamides is 1. The second-order valence-corrected chi connectivity index (χ2v) is 5.96. The van der Waals surface area contributed by atoms with Gasteiger partial charge in [-0.2, -0.15) is 5.26 Å². The minimum absolute atomic E-state index is 0.0705. The molecular formula is C12H16N2O3S. The summed E-state index contributed by atoms with van der Waals surface area (Å²) in [6.45, 7) is 0.693. The van der Waals surface area contributed by atoms with Gasteiger partial charge in [-0.3, -0.25) is 0 Å². The zero-order chi connectivity index (χ0) is 13.6. The van der Waals surface area contributed by atoms with Crippen LogP contribution in [-0.2, 0) is 20.5 Å².